The van der Waals surface area contributed by atoms with Crippen LogP contribution in [0.1, 0.15) is 11.7 Å². The molecule has 5 nitrogen and oxygen atoms in total. The molecule has 0 aromatic carbocycles. The molecule has 0 spiro atoms. The summed E-state index contributed by atoms with van der Waals surface area (Å²) in [6, 6.07) is 0. The molecule has 0 aliphatic heterocycles. The van der Waals surface area contributed by atoms with Gasteiger partial charge in [-0.2, -0.15) is 0 Å². The molecule has 84 valence electrons. The van der Waals surface area contributed by atoms with E-state index in [0.717, 1.165) is 0 Å². The van der Waals surface area contributed by atoms with E-state index in [-0.39, 0.29) is 6.61 Å². The van der Waals surface area contributed by atoms with Crippen molar-refractivity contribution in [2.45, 2.75) is 6.10 Å². The van der Waals surface area contributed by atoms with Crippen molar-refractivity contribution in [3.05, 3.63) is 32.6 Å². The summed E-state index contributed by atoms with van der Waals surface area (Å²) in [6.07, 6.45) is 0.796. The van der Waals surface area contributed by atoms with Gasteiger partial charge in [0.1, 0.15) is 6.67 Å². The monoisotopic (exact) mass is 328 g/mol. The van der Waals surface area contributed by atoms with Gasteiger partial charge in [-0.05, 0) is 0 Å². The Balaban J connectivity index is 2.91. The summed E-state index contributed by atoms with van der Waals surface area (Å²) in [5.41, 5.74) is -0.766. The van der Waals surface area contributed by atoms with Gasteiger partial charge < -0.3 is 9.72 Å². The van der Waals surface area contributed by atoms with Gasteiger partial charge in [-0.25, -0.2) is 9.18 Å². The van der Waals surface area contributed by atoms with Crippen LogP contribution in [0, 0.1) is 0 Å². The van der Waals surface area contributed by atoms with Crippen LogP contribution in [0.4, 0.5) is 4.39 Å². The zero-order valence-corrected chi connectivity index (χ0v) is 9.91. The highest BCUT2D eigenvalue weighted by Crippen LogP contribution is 2.14. The highest BCUT2D eigenvalue weighted by atomic mass is 127. The first-order valence-electron chi connectivity index (χ1n) is 4.24. The molecule has 7 heteroatoms. The molecule has 1 unspecified atom stereocenters. The lowest BCUT2D eigenvalue weighted by Crippen LogP contribution is -2.27. The minimum Gasteiger partial charge on any atom is -0.370 e. The van der Waals surface area contributed by atoms with E-state index < -0.39 is 24.0 Å². The van der Waals surface area contributed by atoms with Gasteiger partial charge in [-0.1, -0.05) is 22.6 Å². The highest BCUT2D eigenvalue weighted by molar-refractivity contribution is 14.1. The second-order valence-electron chi connectivity index (χ2n) is 2.73. The minimum absolute atomic E-state index is 0.0633. The number of H-pyrrole nitrogens is 2. The number of nitrogens with one attached hydrogen (secondary N) is 2. The molecule has 1 heterocycles. The Bertz CT molecular complexity index is 417. The van der Waals surface area contributed by atoms with Crippen LogP contribution in [-0.2, 0) is 4.74 Å². The normalized spacial score (nSPS) is 12.7. The Labute approximate surface area is 98.2 Å². The number of hydrogen-bond donors (Lipinski definition) is 2. The first kappa shape index (κ1) is 12.4. The number of halogens is 2. The van der Waals surface area contributed by atoms with E-state index in [2.05, 4.69) is 9.97 Å². The van der Waals surface area contributed by atoms with Gasteiger partial charge in [0.2, 0.25) is 0 Å². The number of ether oxygens (including phenoxy) is 1. The van der Waals surface area contributed by atoms with Crippen molar-refractivity contribution >= 4 is 22.6 Å². The first-order valence-corrected chi connectivity index (χ1v) is 5.77. The van der Waals surface area contributed by atoms with Gasteiger partial charge in [-0.3, -0.25) is 9.78 Å². The lowest BCUT2D eigenvalue weighted by molar-refractivity contribution is 0.0595. The number of alkyl halides is 2. The summed E-state index contributed by atoms with van der Waals surface area (Å²) in [5, 5.41) is 0. The van der Waals surface area contributed by atoms with Crippen molar-refractivity contribution in [2.24, 2.45) is 0 Å². The third-order valence-corrected chi connectivity index (χ3v) is 2.53. The van der Waals surface area contributed by atoms with Crippen LogP contribution in [0.3, 0.4) is 0 Å². The molecule has 1 aromatic rings. The lowest BCUT2D eigenvalue weighted by atomic mass is 10.2. The van der Waals surface area contributed by atoms with E-state index in [4.69, 9.17) is 4.74 Å². The Morgan fingerprint density at radius 3 is 2.80 bits per heavy atom. The molecule has 0 aliphatic carbocycles. The predicted molar refractivity (Wildman–Crippen MR) is 61.2 cm³/mol. The Kier molecular flexibility index (Phi) is 4.95. The number of aromatic nitrogens is 2. The summed E-state index contributed by atoms with van der Waals surface area (Å²) >= 11 is 2.03. The first-order chi connectivity index (χ1) is 7.19. The molecular formula is C8H10FIN2O3. The number of aromatic amines is 2. The van der Waals surface area contributed by atoms with Crippen molar-refractivity contribution in [1.82, 2.24) is 9.97 Å². The third kappa shape index (κ3) is 3.42. The van der Waals surface area contributed by atoms with Crippen LogP contribution >= 0.6 is 22.6 Å². The molecule has 1 aromatic heterocycles. The van der Waals surface area contributed by atoms with Crippen LogP contribution in [0.5, 0.6) is 0 Å². The van der Waals surface area contributed by atoms with Crippen LogP contribution in [0.15, 0.2) is 15.8 Å². The number of rotatable bonds is 5. The van der Waals surface area contributed by atoms with E-state index in [1.54, 1.807) is 0 Å². The zero-order chi connectivity index (χ0) is 11.3. The largest absolute Gasteiger partial charge is 0.370 e. The van der Waals surface area contributed by atoms with E-state index in [1.165, 1.54) is 6.20 Å². The molecule has 0 amide bonds. The second-order valence-corrected chi connectivity index (χ2v) is 3.61. The predicted octanol–water partition coefficient (Wildman–Crippen LogP) is 0.525. The fourth-order valence-corrected chi connectivity index (χ4v) is 1.79. The maximum absolute atomic E-state index is 11.9. The summed E-state index contributed by atoms with van der Waals surface area (Å²) in [6.45, 7) is -0.666. The molecule has 15 heavy (non-hydrogen) atoms. The van der Waals surface area contributed by atoms with Crippen molar-refractivity contribution in [2.75, 3.05) is 17.7 Å². The molecule has 0 bridgehead atoms. The van der Waals surface area contributed by atoms with E-state index in [0.29, 0.717) is 9.99 Å². The molecule has 1 atom stereocenters. The van der Waals surface area contributed by atoms with Crippen molar-refractivity contribution < 1.29 is 9.13 Å². The highest BCUT2D eigenvalue weighted by Gasteiger charge is 2.14. The quantitative estimate of drug-likeness (QED) is 0.611. The average molecular weight is 328 g/mol. The van der Waals surface area contributed by atoms with Crippen LogP contribution in [0.2, 0.25) is 0 Å². The molecule has 0 saturated heterocycles. The summed E-state index contributed by atoms with van der Waals surface area (Å²) in [5.74, 6) is 0. The van der Waals surface area contributed by atoms with Crippen molar-refractivity contribution in [3.8, 4) is 0 Å². The van der Waals surface area contributed by atoms with Gasteiger partial charge in [0.25, 0.3) is 5.56 Å². The molecule has 0 aliphatic rings. The van der Waals surface area contributed by atoms with E-state index in [9.17, 15) is 14.0 Å². The third-order valence-electron chi connectivity index (χ3n) is 1.73. The number of hydrogen-bond acceptors (Lipinski definition) is 3. The standard InChI is InChI=1S/C8H10FIN2O3/c9-1-2-15-6(3-10)5-4-11-8(14)12-7(5)13/h4,6H,1-3H2,(H2,11,12,13,14). The van der Waals surface area contributed by atoms with Crippen LogP contribution < -0.4 is 11.2 Å². The maximum atomic E-state index is 11.9. The van der Waals surface area contributed by atoms with Gasteiger partial charge >= 0.3 is 5.69 Å². The summed E-state index contributed by atoms with van der Waals surface area (Å²) in [4.78, 5) is 26.5. The molecule has 0 radical (unpaired) electrons. The topological polar surface area (TPSA) is 75.0 Å². The Hall–Kier alpha value is -0.700. The molecule has 1 rings (SSSR count). The van der Waals surface area contributed by atoms with Crippen LogP contribution in [0.25, 0.3) is 0 Å². The molecule has 0 saturated carbocycles. The Morgan fingerprint density at radius 2 is 2.27 bits per heavy atom. The summed E-state index contributed by atoms with van der Waals surface area (Å²) < 4.78 is 17.5. The SMILES string of the molecule is O=c1[nH]cc(C(CI)OCCF)c(=O)[nH]1. The van der Waals surface area contributed by atoms with Crippen molar-refractivity contribution in [1.29, 1.82) is 0 Å². The average Bonchev–Trinajstić information content (AvgIpc) is 2.21. The fourth-order valence-electron chi connectivity index (χ4n) is 1.06. The smallest absolute Gasteiger partial charge is 0.325 e. The maximum Gasteiger partial charge on any atom is 0.325 e. The van der Waals surface area contributed by atoms with Crippen LogP contribution in [-0.4, -0.2) is 27.7 Å². The van der Waals surface area contributed by atoms with Gasteiger partial charge in [0.05, 0.1) is 18.3 Å². The fraction of sp³-hybridized carbons (Fsp3) is 0.500. The van der Waals surface area contributed by atoms with Gasteiger partial charge in [0, 0.05) is 10.6 Å². The van der Waals surface area contributed by atoms with Crippen molar-refractivity contribution in [3.63, 3.8) is 0 Å². The molecular weight excluding hydrogens is 318 g/mol. The second kappa shape index (κ2) is 6.01. The van der Waals surface area contributed by atoms with E-state index >= 15 is 0 Å². The van der Waals surface area contributed by atoms with Gasteiger partial charge in [-0.15, -0.1) is 0 Å². The van der Waals surface area contributed by atoms with Gasteiger partial charge in [0.15, 0.2) is 0 Å². The lowest BCUT2D eigenvalue weighted by Gasteiger charge is -2.12. The molecule has 2 N–H and O–H groups in total. The zero-order valence-electron chi connectivity index (χ0n) is 7.76. The van der Waals surface area contributed by atoms with E-state index in [1.807, 2.05) is 22.6 Å². The summed E-state index contributed by atoms with van der Waals surface area (Å²) in [7, 11) is 0. The minimum atomic E-state index is -0.603. The Morgan fingerprint density at radius 1 is 1.53 bits per heavy atom. The molecule has 0 fully saturated rings.